The first kappa shape index (κ1) is 17.2. The predicted octanol–water partition coefficient (Wildman–Crippen LogP) is 4.88. The average Bonchev–Trinajstić information content (AvgIpc) is 2.85. The van der Waals surface area contributed by atoms with Crippen molar-refractivity contribution in [2.24, 2.45) is 0 Å². The van der Waals surface area contributed by atoms with Gasteiger partial charge < -0.3 is 10.1 Å². The maximum absolute atomic E-state index is 6.24. The molecule has 0 radical (unpaired) electrons. The van der Waals surface area contributed by atoms with Crippen molar-refractivity contribution in [3.05, 3.63) is 54.1 Å². The Hall–Kier alpha value is -2.25. The molecule has 1 aromatic heterocycles. The van der Waals surface area contributed by atoms with Crippen LogP contribution in [0.15, 0.2) is 58.6 Å². The Morgan fingerprint density at radius 3 is 2.65 bits per heavy atom. The van der Waals surface area contributed by atoms with E-state index in [2.05, 4.69) is 57.9 Å². The minimum atomic E-state index is -0.343. The number of para-hydroxylation sites is 1. The number of aromatic nitrogens is 3. The number of ether oxygens (including phenoxy) is 1. The lowest BCUT2D eigenvalue weighted by atomic mass is 10.1. The minimum Gasteiger partial charge on any atom is -0.448 e. The Morgan fingerprint density at radius 2 is 1.88 bits per heavy atom. The maximum Gasteiger partial charge on any atom is 0.247 e. The SMILES string of the molecule is CCSc1nnc2c(n1)OC(c1ccc(SC)cc1)Nc1ccccc1-2. The Kier molecular flexibility index (Phi) is 4.99. The van der Waals surface area contributed by atoms with Gasteiger partial charge in [0.15, 0.2) is 11.9 Å². The largest absolute Gasteiger partial charge is 0.448 e. The summed E-state index contributed by atoms with van der Waals surface area (Å²) in [7, 11) is 0. The normalized spacial score (nSPS) is 15.2. The molecule has 1 aliphatic heterocycles. The van der Waals surface area contributed by atoms with Gasteiger partial charge in [-0.25, -0.2) is 0 Å². The molecule has 1 aliphatic rings. The van der Waals surface area contributed by atoms with E-state index in [9.17, 15) is 0 Å². The molecular formula is C19H18N4OS2. The summed E-state index contributed by atoms with van der Waals surface area (Å²) in [5.41, 5.74) is 3.60. The van der Waals surface area contributed by atoms with E-state index in [1.54, 1.807) is 23.5 Å². The van der Waals surface area contributed by atoms with E-state index in [0.29, 0.717) is 16.7 Å². The first-order valence-electron chi connectivity index (χ1n) is 8.32. The van der Waals surface area contributed by atoms with Gasteiger partial charge in [-0.05, 0) is 30.2 Å². The summed E-state index contributed by atoms with van der Waals surface area (Å²) in [4.78, 5) is 5.81. The van der Waals surface area contributed by atoms with Crippen LogP contribution in [0.25, 0.3) is 11.3 Å². The second-order valence-electron chi connectivity index (χ2n) is 5.64. The van der Waals surface area contributed by atoms with Crippen LogP contribution in [0.5, 0.6) is 5.88 Å². The fourth-order valence-corrected chi connectivity index (χ4v) is 3.68. The second kappa shape index (κ2) is 7.55. The second-order valence-corrected chi connectivity index (χ2v) is 7.75. The molecule has 0 fully saturated rings. The highest BCUT2D eigenvalue weighted by molar-refractivity contribution is 7.99. The number of nitrogens with zero attached hydrogens (tertiary/aromatic N) is 3. The van der Waals surface area contributed by atoms with E-state index in [1.165, 1.54) is 4.90 Å². The van der Waals surface area contributed by atoms with Crippen LogP contribution in [0, 0.1) is 0 Å². The Bertz CT molecular complexity index is 918. The highest BCUT2D eigenvalue weighted by Gasteiger charge is 2.25. The van der Waals surface area contributed by atoms with Crippen molar-refractivity contribution in [1.82, 2.24) is 15.2 Å². The lowest BCUT2D eigenvalue weighted by Crippen LogP contribution is -2.17. The zero-order valence-electron chi connectivity index (χ0n) is 14.5. The van der Waals surface area contributed by atoms with Crippen LogP contribution in [0.4, 0.5) is 5.69 Å². The summed E-state index contributed by atoms with van der Waals surface area (Å²) in [6.07, 6.45) is 1.72. The molecule has 3 aromatic rings. The number of hydrogen-bond donors (Lipinski definition) is 1. The molecule has 4 rings (SSSR count). The van der Waals surface area contributed by atoms with Gasteiger partial charge >= 0.3 is 0 Å². The van der Waals surface area contributed by atoms with Crippen LogP contribution < -0.4 is 10.1 Å². The van der Waals surface area contributed by atoms with E-state index in [4.69, 9.17) is 4.74 Å². The van der Waals surface area contributed by atoms with Crippen molar-refractivity contribution in [3.8, 4) is 17.1 Å². The number of nitrogens with one attached hydrogen (secondary N) is 1. The van der Waals surface area contributed by atoms with Gasteiger partial charge in [0.05, 0.1) is 0 Å². The molecule has 0 spiro atoms. The molecule has 1 unspecified atom stereocenters. The number of hydrogen-bond acceptors (Lipinski definition) is 7. The van der Waals surface area contributed by atoms with Gasteiger partial charge in [-0.15, -0.1) is 22.0 Å². The van der Waals surface area contributed by atoms with Gasteiger partial charge in [-0.2, -0.15) is 4.98 Å². The molecule has 1 atom stereocenters. The molecule has 0 saturated carbocycles. The van der Waals surface area contributed by atoms with Crippen molar-refractivity contribution >= 4 is 29.2 Å². The van der Waals surface area contributed by atoms with Crippen LogP contribution in [-0.4, -0.2) is 27.2 Å². The standard InChI is InChI=1S/C19H18N4OS2/c1-3-26-19-21-18-16(22-23-19)14-6-4-5-7-15(14)20-17(24-18)12-8-10-13(25-2)11-9-12/h4-11,17,20H,3H2,1-2H3. The number of thioether (sulfide) groups is 2. The summed E-state index contributed by atoms with van der Waals surface area (Å²) in [6, 6.07) is 16.3. The average molecular weight is 383 g/mol. The summed E-state index contributed by atoms with van der Waals surface area (Å²) < 4.78 is 6.24. The first-order valence-corrected chi connectivity index (χ1v) is 10.5. The molecule has 5 nitrogen and oxygen atoms in total. The topological polar surface area (TPSA) is 59.9 Å². The maximum atomic E-state index is 6.24. The Labute approximate surface area is 161 Å². The van der Waals surface area contributed by atoms with Crippen molar-refractivity contribution in [2.45, 2.75) is 23.2 Å². The Morgan fingerprint density at radius 1 is 1.08 bits per heavy atom. The fourth-order valence-electron chi connectivity index (χ4n) is 2.77. The van der Waals surface area contributed by atoms with Crippen molar-refractivity contribution in [1.29, 1.82) is 0 Å². The summed E-state index contributed by atoms with van der Waals surface area (Å²) >= 11 is 3.27. The van der Waals surface area contributed by atoms with Gasteiger partial charge in [0.2, 0.25) is 11.0 Å². The smallest absolute Gasteiger partial charge is 0.247 e. The van der Waals surface area contributed by atoms with E-state index >= 15 is 0 Å². The van der Waals surface area contributed by atoms with Gasteiger partial charge in [0.25, 0.3) is 0 Å². The molecular weight excluding hydrogens is 364 g/mol. The van der Waals surface area contributed by atoms with E-state index in [0.717, 1.165) is 22.6 Å². The molecule has 2 heterocycles. The molecule has 0 amide bonds. The predicted molar refractivity (Wildman–Crippen MR) is 107 cm³/mol. The van der Waals surface area contributed by atoms with Gasteiger partial charge in [0.1, 0.15) is 0 Å². The Balaban J connectivity index is 1.79. The molecule has 0 saturated heterocycles. The highest BCUT2D eigenvalue weighted by atomic mass is 32.2. The van der Waals surface area contributed by atoms with Crippen LogP contribution in [-0.2, 0) is 0 Å². The van der Waals surface area contributed by atoms with Crippen molar-refractivity contribution in [2.75, 3.05) is 17.3 Å². The highest BCUT2D eigenvalue weighted by Crippen LogP contribution is 2.39. The van der Waals surface area contributed by atoms with E-state index in [-0.39, 0.29) is 6.23 Å². The summed E-state index contributed by atoms with van der Waals surface area (Å²) in [5.74, 6) is 1.39. The number of benzene rings is 2. The quantitative estimate of drug-likeness (QED) is 0.646. The van der Waals surface area contributed by atoms with Crippen LogP contribution in [0.1, 0.15) is 18.7 Å². The van der Waals surface area contributed by atoms with Crippen molar-refractivity contribution in [3.63, 3.8) is 0 Å². The van der Waals surface area contributed by atoms with Crippen LogP contribution in [0.2, 0.25) is 0 Å². The molecule has 0 aliphatic carbocycles. The van der Waals surface area contributed by atoms with Crippen molar-refractivity contribution < 1.29 is 4.74 Å². The number of anilines is 1. The summed E-state index contributed by atoms with van der Waals surface area (Å²) in [5, 5.41) is 12.7. The zero-order chi connectivity index (χ0) is 17.9. The summed E-state index contributed by atoms with van der Waals surface area (Å²) in [6.45, 7) is 2.06. The first-order chi connectivity index (χ1) is 12.8. The third-order valence-corrected chi connectivity index (χ3v) is 5.49. The number of rotatable bonds is 4. The van der Waals surface area contributed by atoms with E-state index in [1.807, 2.05) is 24.3 Å². The lowest BCUT2D eigenvalue weighted by Gasteiger charge is -2.19. The van der Waals surface area contributed by atoms with Gasteiger partial charge in [0, 0.05) is 21.7 Å². The van der Waals surface area contributed by atoms with Crippen LogP contribution in [0.3, 0.4) is 0 Å². The molecule has 26 heavy (non-hydrogen) atoms. The molecule has 0 bridgehead atoms. The van der Waals surface area contributed by atoms with Gasteiger partial charge in [-0.1, -0.05) is 49.0 Å². The third-order valence-electron chi connectivity index (χ3n) is 4.03. The van der Waals surface area contributed by atoms with Crippen LogP contribution >= 0.6 is 23.5 Å². The molecule has 132 valence electrons. The monoisotopic (exact) mass is 382 g/mol. The van der Waals surface area contributed by atoms with Gasteiger partial charge in [-0.3, -0.25) is 0 Å². The molecule has 7 heteroatoms. The molecule has 2 aromatic carbocycles. The number of fused-ring (bicyclic) bond motifs is 3. The third kappa shape index (κ3) is 3.37. The zero-order valence-corrected chi connectivity index (χ0v) is 16.1. The fraction of sp³-hybridized carbons (Fsp3) is 0.211. The lowest BCUT2D eigenvalue weighted by molar-refractivity contribution is 0.225. The minimum absolute atomic E-state index is 0.343. The molecule has 1 N–H and O–H groups in total. The van der Waals surface area contributed by atoms with E-state index < -0.39 is 0 Å².